The predicted octanol–water partition coefficient (Wildman–Crippen LogP) is 3.02. The highest BCUT2D eigenvalue weighted by atomic mass is 35.5. The summed E-state index contributed by atoms with van der Waals surface area (Å²) in [5.41, 5.74) is 1.21. The van der Waals surface area contributed by atoms with Gasteiger partial charge in [-0.2, -0.15) is 5.10 Å². The second-order valence-electron chi connectivity index (χ2n) is 4.17. The Morgan fingerprint density at radius 2 is 1.90 bits per heavy atom. The monoisotopic (exact) mass is 307 g/mol. The van der Waals surface area contributed by atoms with Crippen LogP contribution < -0.4 is 4.72 Å². The summed E-state index contributed by atoms with van der Waals surface area (Å²) >= 11 is 5.93. The predicted molar refractivity (Wildman–Crippen MR) is 78.4 cm³/mol. The van der Waals surface area contributed by atoms with Crippen molar-refractivity contribution < 1.29 is 8.42 Å². The fraction of sp³-hybridized carbons (Fsp3) is 0. The van der Waals surface area contributed by atoms with Crippen LogP contribution in [0.5, 0.6) is 0 Å². The first-order chi connectivity index (χ1) is 9.58. The molecule has 0 amide bonds. The summed E-state index contributed by atoms with van der Waals surface area (Å²) in [6, 6.07) is 11.5. The first kappa shape index (κ1) is 13.0. The van der Waals surface area contributed by atoms with Crippen molar-refractivity contribution >= 4 is 38.2 Å². The van der Waals surface area contributed by atoms with Crippen molar-refractivity contribution in [2.24, 2.45) is 0 Å². The molecule has 0 aliphatic carbocycles. The van der Waals surface area contributed by atoms with Crippen molar-refractivity contribution in [2.45, 2.75) is 4.90 Å². The van der Waals surface area contributed by atoms with Gasteiger partial charge in [-0.25, -0.2) is 8.42 Å². The molecule has 0 unspecified atom stereocenters. The maximum absolute atomic E-state index is 12.4. The Morgan fingerprint density at radius 3 is 2.70 bits per heavy atom. The zero-order valence-electron chi connectivity index (χ0n) is 10.2. The van der Waals surface area contributed by atoms with Crippen molar-refractivity contribution in [2.75, 3.05) is 4.72 Å². The van der Waals surface area contributed by atoms with Gasteiger partial charge in [-0.3, -0.25) is 9.82 Å². The van der Waals surface area contributed by atoms with E-state index in [0.717, 1.165) is 5.52 Å². The zero-order chi connectivity index (χ0) is 14.2. The van der Waals surface area contributed by atoms with Crippen LogP contribution in [0, 0.1) is 0 Å². The maximum Gasteiger partial charge on any atom is 0.263 e. The van der Waals surface area contributed by atoms with Gasteiger partial charge in [0.25, 0.3) is 10.0 Å². The number of nitrogens with one attached hydrogen (secondary N) is 2. The number of benzene rings is 2. The highest BCUT2D eigenvalue weighted by Gasteiger charge is 2.18. The number of aromatic nitrogens is 2. The summed E-state index contributed by atoms with van der Waals surface area (Å²) < 4.78 is 27.3. The Kier molecular flexibility index (Phi) is 3.11. The van der Waals surface area contributed by atoms with E-state index in [2.05, 4.69) is 14.9 Å². The Balaban J connectivity index is 2.06. The molecule has 1 aromatic heterocycles. The van der Waals surface area contributed by atoms with Crippen LogP contribution in [0.2, 0.25) is 5.02 Å². The average Bonchev–Trinajstić information content (AvgIpc) is 2.88. The second-order valence-corrected chi connectivity index (χ2v) is 6.23. The maximum atomic E-state index is 12.4. The lowest BCUT2D eigenvalue weighted by atomic mass is 10.2. The summed E-state index contributed by atoms with van der Waals surface area (Å²) in [5, 5.41) is 7.56. The normalized spacial score (nSPS) is 11.7. The highest BCUT2D eigenvalue weighted by Crippen LogP contribution is 2.26. The topological polar surface area (TPSA) is 74.8 Å². The number of hydrogen-bond donors (Lipinski definition) is 2. The molecule has 3 aromatic rings. The first-order valence-corrected chi connectivity index (χ1v) is 7.63. The SMILES string of the molecule is O=S(=O)(Nc1cccc2[nH]ncc12)c1ccccc1Cl. The third-order valence-electron chi connectivity index (χ3n) is 2.86. The van der Waals surface area contributed by atoms with Gasteiger partial charge in [0, 0.05) is 5.39 Å². The Labute approximate surface area is 120 Å². The number of rotatable bonds is 3. The molecule has 0 aliphatic heterocycles. The van der Waals surface area contributed by atoms with Crippen LogP contribution in [0.25, 0.3) is 10.9 Å². The number of hydrogen-bond acceptors (Lipinski definition) is 3. The second kappa shape index (κ2) is 4.81. The van der Waals surface area contributed by atoms with E-state index in [1.54, 1.807) is 30.5 Å². The molecular weight excluding hydrogens is 298 g/mol. The number of sulfonamides is 1. The standard InChI is InChI=1S/C13H10ClN3O2S/c14-10-4-1-2-7-13(10)20(18,19)17-12-6-3-5-11-9(12)8-15-16-11/h1-8,17H,(H,15,16). The van der Waals surface area contributed by atoms with Gasteiger partial charge in [0.1, 0.15) is 4.90 Å². The van der Waals surface area contributed by atoms with Gasteiger partial charge in [-0.05, 0) is 24.3 Å². The van der Waals surface area contributed by atoms with Crippen LogP contribution in [0.1, 0.15) is 0 Å². The third kappa shape index (κ3) is 2.23. The Bertz CT molecular complexity index is 874. The molecule has 1 heterocycles. The Hall–Kier alpha value is -2.05. The van der Waals surface area contributed by atoms with Crippen LogP contribution in [0.15, 0.2) is 53.6 Å². The molecule has 0 atom stereocenters. The number of fused-ring (bicyclic) bond motifs is 1. The molecule has 2 aromatic carbocycles. The minimum atomic E-state index is -3.74. The minimum Gasteiger partial charge on any atom is -0.279 e. The minimum absolute atomic E-state index is 0.0437. The average molecular weight is 308 g/mol. The van der Waals surface area contributed by atoms with Crippen molar-refractivity contribution in [3.05, 3.63) is 53.7 Å². The quantitative estimate of drug-likeness (QED) is 0.781. The lowest BCUT2D eigenvalue weighted by Gasteiger charge is -2.10. The molecule has 0 fully saturated rings. The molecule has 0 spiro atoms. The van der Waals surface area contributed by atoms with Gasteiger partial charge >= 0.3 is 0 Å². The molecule has 20 heavy (non-hydrogen) atoms. The first-order valence-electron chi connectivity index (χ1n) is 5.77. The van der Waals surface area contributed by atoms with Crippen molar-refractivity contribution in [3.8, 4) is 0 Å². The van der Waals surface area contributed by atoms with E-state index >= 15 is 0 Å². The fourth-order valence-electron chi connectivity index (χ4n) is 1.92. The summed E-state index contributed by atoms with van der Waals surface area (Å²) in [5.74, 6) is 0. The lowest BCUT2D eigenvalue weighted by molar-refractivity contribution is 0.601. The number of H-pyrrole nitrogens is 1. The molecule has 3 rings (SSSR count). The van der Waals surface area contributed by atoms with Crippen molar-refractivity contribution in [1.29, 1.82) is 0 Å². The molecule has 0 saturated heterocycles. The number of halogens is 1. The Morgan fingerprint density at radius 1 is 1.10 bits per heavy atom. The van der Waals surface area contributed by atoms with Crippen molar-refractivity contribution in [1.82, 2.24) is 10.2 Å². The molecular formula is C13H10ClN3O2S. The van der Waals surface area contributed by atoms with Gasteiger partial charge in [-0.1, -0.05) is 29.8 Å². The van der Waals surface area contributed by atoms with E-state index < -0.39 is 10.0 Å². The summed E-state index contributed by atoms with van der Waals surface area (Å²) in [7, 11) is -3.74. The van der Waals surface area contributed by atoms with Gasteiger partial charge in [0.05, 0.1) is 22.4 Å². The molecule has 0 saturated carbocycles. The molecule has 2 N–H and O–H groups in total. The largest absolute Gasteiger partial charge is 0.279 e. The van der Waals surface area contributed by atoms with Gasteiger partial charge in [0.15, 0.2) is 0 Å². The lowest BCUT2D eigenvalue weighted by Crippen LogP contribution is -2.13. The van der Waals surface area contributed by atoms with Crippen LogP contribution in [-0.2, 0) is 10.0 Å². The molecule has 7 heteroatoms. The van der Waals surface area contributed by atoms with Crippen molar-refractivity contribution in [3.63, 3.8) is 0 Å². The van der Waals surface area contributed by atoms with Crippen LogP contribution >= 0.6 is 11.6 Å². The van der Waals surface area contributed by atoms with Crippen LogP contribution in [0.4, 0.5) is 5.69 Å². The van der Waals surface area contributed by atoms with E-state index in [9.17, 15) is 8.42 Å². The van der Waals surface area contributed by atoms with Crippen LogP contribution in [0.3, 0.4) is 0 Å². The van der Waals surface area contributed by atoms with Crippen LogP contribution in [-0.4, -0.2) is 18.6 Å². The van der Waals surface area contributed by atoms with Gasteiger partial charge in [-0.15, -0.1) is 0 Å². The number of nitrogens with zero attached hydrogens (tertiary/aromatic N) is 1. The van der Waals surface area contributed by atoms with E-state index in [1.807, 2.05) is 6.07 Å². The van der Waals surface area contributed by atoms with E-state index in [1.165, 1.54) is 12.1 Å². The number of aromatic amines is 1. The summed E-state index contributed by atoms with van der Waals surface area (Å²) in [6.07, 6.45) is 1.57. The fourth-order valence-corrected chi connectivity index (χ4v) is 3.52. The molecule has 102 valence electrons. The highest BCUT2D eigenvalue weighted by molar-refractivity contribution is 7.92. The van der Waals surface area contributed by atoms with E-state index in [4.69, 9.17) is 11.6 Å². The van der Waals surface area contributed by atoms with Gasteiger partial charge < -0.3 is 0 Å². The summed E-state index contributed by atoms with van der Waals surface area (Å²) in [4.78, 5) is 0.0437. The number of anilines is 1. The molecule has 5 nitrogen and oxygen atoms in total. The van der Waals surface area contributed by atoms with Gasteiger partial charge in [0.2, 0.25) is 0 Å². The summed E-state index contributed by atoms with van der Waals surface area (Å²) in [6.45, 7) is 0. The third-order valence-corrected chi connectivity index (χ3v) is 4.72. The van der Waals surface area contributed by atoms with E-state index in [-0.39, 0.29) is 9.92 Å². The molecule has 0 radical (unpaired) electrons. The zero-order valence-corrected chi connectivity index (χ0v) is 11.7. The molecule has 0 bridgehead atoms. The molecule has 0 aliphatic rings. The smallest absolute Gasteiger partial charge is 0.263 e. The van der Waals surface area contributed by atoms with E-state index in [0.29, 0.717) is 11.1 Å².